The maximum Gasteiger partial charge on any atom is 0.247 e. The third-order valence-electron chi connectivity index (χ3n) is 4.03. The van der Waals surface area contributed by atoms with Crippen molar-refractivity contribution in [2.45, 2.75) is 43.9 Å². The lowest BCUT2D eigenvalue weighted by Gasteiger charge is -2.24. The predicted molar refractivity (Wildman–Crippen MR) is 93.9 cm³/mol. The second kappa shape index (κ2) is 8.81. The van der Waals surface area contributed by atoms with Gasteiger partial charge in [-0.1, -0.05) is 32.3 Å². The zero-order valence-electron chi connectivity index (χ0n) is 14.0. The van der Waals surface area contributed by atoms with Crippen molar-refractivity contribution in [3.05, 3.63) is 30.0 Å². The van der Waals surface area contributed by atoms with Crippen molar-refractivity contribution in [3.63, 3.8) is 0 Å². The first-order valence-electron chi connectivity index (χ1n) is 8.37. The van der Waals surface area contributed by atoms with Crippen LogP contribution in [0.2, 0.25) is 0 Å². The highest BCUT2D eigenvalue weighted by molar-refractivity contribution is 7.89. The molecule has 1 aliphatic heterocycles. The van der Waals surface area contributed by atoms with Gasteiger partial charge in [-0.15, -0.1) is 0 Å². The molecule has 2 rings (SSSR count). The number of nitrogens with one attached hydrogen (secondary N) is 1. The first kappa shape index (κ1) is 18.4. The standard InChI is InChI=1S/C17H24N4O2S/c1-2-3-4-5-10-19-17-16(7-6-11-20-17)24(22,23)21-12-8-15(14-18)9-13-21/h6-8,11H,2-5,9-10,12-13H2,1H3,(H,19,20). The first-order chi connectivity index (χ1) is 11.6. The summed E-state index contributed by atoms with van der Waals surface area (Å²) in [5.74, 6) is 0.407. The van der Waals surface area contributed by atoms with E-state index in [9.17, 15) is 8.42 Å². The maximum atomic E-state index is 12.9. The van der Waals surface area contributed by atoms with E-state index in [4.69, 9.17) is 5.26 Å². The van der Waals surface area contributed by atoms with Crippen molar-refractivity contribution in [2.24, 2.45) is 0 Å². The smallest absolute Gasteiger partial charge is 0.247 e. The third kappa shape index (κ3) is 4.56. The quantitative estimate of drug-likeness (QED) is 0.730. The van der Waals surface area contributed by atoms with Gasteiger partial charge >= 0.3 is 0 Å². The number of hydrogen-bond donors (Lipinski definition) is 1. The molecular weight excluding hydrogens is 324 g/mol. The maximum absolute atomic E-state index is 12.9. The van der Waals surface area contributed by atoms with Crippen LogP contribution in [0, 0.1) is 11.3 Å². The fourth-order valence-corrected chi connectivity index (χ4v) is 4.10. The number of nitriles is 1. The average Bonchev–Trinajstić information content (AvgIpc) is 2.62. The van der Waals surface area contributed by atoms with Gasteiger partial charge in [0.1, 0.15) is 10.7 Å². The lowest BCUT2D eigenvalue weighted by molar-refractivity contribution is 0.434. The summed E-state index contributed by atoms with van der Waals surface area (Å²) >= 11 is 0. The Morgan fingerprint density at radius 3 is 2.88 bits per heavy atom. The molecule has 6 nitrogen and oxygen atoms in total. The molecule has 0 fully saturated rings. The molecule has 1 aromatic heterocycles. The zero-order chi connectivity index (χ0) is 17.4. The number of hydrogen-bond acceptors (Lipinski definition) is 5. The van der Waals surface area contributed by atoms with Crippen LogP contribution in [0.1, 0.15) is 39.0 Å². The van der Waals surface area contributed by atoms with E-state index >= 15 is 0 Å². The molecule has 130 valence electrons. The first-order valence-corrected chi connectivity index (χ1v) is 9.81. The molecule has 0 aromatic carbocycles. The van der Waals surface area contributed by atoms with Gasteiger partial charge in [0.2, 0.25) is 10.0 Å². The fraction of sp³-hybridized carbons (Fsp3) is 0.529. The van der Waals surface area contributed by atoms with Gasteiger partial charge in [0.25, 0.3) is 0 Å². The molecule has 0 unspecified atom stereocenters. The Hall–Kier alpha value is -1.91. The summed E-state index contributed by atoms with van der Waals surface area (Å²) in [6.45, 7) is 3.42. The highest BCUT2D eigenvalue weighted by Crippen LogP contribution is 2.25. The number of rotatable bonds is 8. The summed E-state index contributed by atoms with van der Waals surface area (Å²) < 4.78 is 27.1. The Bertz CT molecular complexity index is 722. The minimum absolute atomic E-state index is 0.203. The Kier molecular flexibility index (Phi) is 6.76. The van der Waals surface area contributed by atoms with E-state index in [1.54, 1.807) is 24.4 Å². The summed E-state index contributed by atoms with van der Waals surface area (Å²) in [4.78, 5) is 4.41. The van der Waals surface area contributed by atoms with Crippen molar-refractivity contribution < 1.29 is 8.42 Å². The molecule has 24 heavy (non-hydrogen) atoms. The molecule has 0 saturated carbocycles. The Morgan fingerprint density at radius 2 is 2.21 bits per heavy atom. The number of sulfonamides is 1. The van der Waals surface area contributed by atoms with E-state index < -0.39 is 10.0 Å². The Morgan fingerprint density at radius 1 is 1.38 bits per heavy atom. The van der Waals surface area contributed by atoms with Crippen molar-refractivity contribution >= 4 is 15.8 Å². The summed E-state index contributed by atoms with van der Waals surface area (Å²) in [6.07, 6.45) is 8.17. The van der Waals surface area contributed by atoms with Gasteiger partial charge < -0.3 is 5.32 Å². The van der Waals surface area contributed by atoms with Crippen LogP contribution in [0.25, 0.3) is 0 Å². The summed E-state index contributed by atoms with van der Waals surface area (Å²) in [5.41, 5.74) is 0.641. The second-order valence-corrected chi connectivity index (χ2v) is 7.70. The van der Waals surface area contributed by atoms with Crippen LogP contribution in [0.15, 0.2) is 34.9 Å². The Balaban J connectivity index is 2.10. The average molecular weight is 348 g/mol. The molecule has 0 aliphatic carbocycles. The Labute approximate surface area is 144 Å². The van der Waals surface area contributed by atoms with Gasteiger partial charge in [-0.25, -0.2) is 13.4 Å². The van der Waals surface area contributed by atoms with Crippen LogP contribution in [0.4, 0.5) is 5.82 Å². The van der Waals surface area contributed by atoms with Crippen LogP contribution in [0.5, 0.6) is 0 Å². The molecular formula is C17H24N4O2S. The normalized spacial score (nSPS) is 15.6. The largest absolute Gasteiger partial charge is 0.369 e. The van der Waals surface area contributed by atoms with Gasteiger partial charge in [-0.2, -0.15) is 9.57 Å². The van der Waals surface area contributed by atoms with Gasteiger partial charge in [0.05, 0.1) is 6.07 Å². The molecule has 1 aromatic rings. The summed E-state index contributed by atoms with van der Waals surface area (Å²) in [7, 11) is -3.62. The topological polar surface area (TPSA) is 86.1 Å². The number of nitrogens with zero attached hydrogens (tertiary/aromatic N) is 3. The van der Waals surface area contributed by atoms with Crippen LogP contribution in [-0.2, 0) is 10.0 Å². The number of aromatic nitrogens is 1. The minimum atomic E-state index is -3.62. The van der Waals surface area contributed by atoms with Gasteiger partial charge in [0, 0.05) is 31.4 Å². The number of unbranched alkanes of at least 4 members (excludes halogenated alkanes) is 3. The highest BCUT2D eigenvalue weighted by Gasteiger charge is 2.28. The lowest BCUT2D eigenvalue weighted by atomic mass is 10.1. The van der Waals surface area contributed by atoms with Crippen LogP contribution in [-0.4, -0.2) is 37.3 Å². The molecule has 0 amide bonds. The summed E-state index contributed by atoms with van der Waals surface area (Å²) in [6, 6.07) is 5.30. The number of anilines is 1. The van der Waals surface area contributed by atoms with Crippen molar-refractivity contribution in [3.8, 4) is 6.07 Å². The lowest BCUT2D eigenvalue weighted by Crippen LogP contribution is -2.35. The van der Waals surface area contributed by atoms with Crippen LogP contribution >= 0.6 is 0 Å². The van der Waals surface area contributed by atoms with E-state index in [-0.39, 0.29) is 11.4 Å². The van der Waals surface area contributed by atoms with Gasteiger partial charge in [0.15, 0.2) is 0 Å². The van der Waals surface area contributed by atoms with E-state index in [0.29, 0.717) is 30.9 Å². The van der Waals surface area contributed by atoms with Gasteiger partial charge in [-0.3, -0.25) is 0 Å². The molecule has 0 spiro atoms. The minimum Gasteiger partial charge on any atom is -0.369 e. The molecule has 7 heteroatoms. The van der Waals surface area contributed by atoms with Gasteiger partial charge in [-0.05, 0) is 25.0 Å². The zero-order valence-corrected chi connectivity index (χ0v) is 14.8. The van der Waals surface area contributed by atoms with E-state index in [2.05, 4.69) is 23.3 Å². The predicted octanol–water partition coefficient (Wildman–Crippen LogP) is 2.92. The number of pyridine rings is 1. The molecule has 0 bridgehead atoms. The molecule has 1 aliphatic rings. The molecule has 0 radical (unpaired) electrons. The monoisotopic (exact) mass is 348 g/mol. The van der Waals surface area contributed by atoms with Crippen LogP contribution in [0.3, 0.4) is 0 Å². The molecule has 0 atom stereocenters. The molecule has 0 saturated heterocycles. The van der Waals surface area contributed by atoms with Crippen molar-refractivity contribution in [1.29, 1.82) is 5.26 Å². The van der Waals surface area contributed by atoms with E-state index in [0.717, 1.165) is 19.3 Å². The SMILES string of the molecule is CCCCCCNc1ncccc1S(=O)(=O)N1CC=C(C#N)CC1. The van der Waals surface area contributed by atoms with Crippen LogP contribution < -0.4 is 5.32 Å². The second-order valence-electron chi connectivity index (χ2n) is 5.79. The fourth-order valence-electron chi connectivity index (χ4n) is 2.60. The molecule has 2 heterocycles. The summed E-state index contributed by atoms with van der Waals surface area (Å²) in [5, 5.41) is 12.0. The van der Waals surface area contributed by atoms with E-state index in [1.807, 2.05) is 0 Å². The third-order valence-corrected chi connectivity index (χ3v) is 5.92. The van der Waals surface area contributed by atoms with E-state index in [1.165, 1.54) is 10.7 Å². The van der Waals surface area contributed by atoms with Crippen molar-refractivity contribution in [1.82, 2.24) is 9.29 Å². The molecule has 1 N–H and O–H groups in total. The highest BCUT2D eigenvalue weighted by atomic mass is 32.2. The van der Waals surface area contributed by atoms with Crippen molar-refractivity contribution in [2.75, 3.05) is 25.0 Å².